The summed E-state index contributed by atoms with van der Waals surface area (Å²) in [6.45, 7) is 2.07. The van der Waals surface area contributed by atoms with Gasteiger partial charge in [0.25, 0.3) is 5.56 Å². The number of rotatable bonds is 1. The van der Waals surface area contributed by atoms with Gasteiger partial charge < -0.3 is 0 Å². The highest BCUT2D eigenvalue weighted by atomic mass is 35.5. The van der Waals surface area contributed by atoms with Gasteiger partial charge >= 0.3 is 0 Å². The zero-order chi connectivity index (χ0) is 18.0. The number of pyridine rings is 1. The quantitative estimate of drug-likeness (QED) is 0.437. The number of aromatic nitrogens is 2. The summed E-state index contributed by atoms with van der Waals surface area (Å²) in [5.74, 6) is 0. The third kappa shape index (κ3) is 1.78. The van der Waals surface area contributed by atoms with E-state index < -0.39 is 0 Å². The van der Waals surface area contributed by atoms with Crippen molar-refractivity contribution in [2.75, 3.05) is 0 Å². The van der Waals surface area contributed by atoms with Crippen molar-refractivity contribution in [3.8, 4) is 6.07 Å². The lowest BCUT2D eigenvalue weighted by Gasteiger charge is -2.12. The Hall–Kier alpha value is -3.16. The first kappa shape index (κ1) is 15.1. The molecule has 0 saturated carbocycles. The highest BCUT2D eigenvalue weighted by Crippen LogP contribution is 2.36. The molecule has 2 aromatic heterocycles. The second kappa shape index (κ2) is 5.17. The molecule has 0 bridgehead atoms. The number of aryl methyl sites for hydroxylation is 1. The Labute approximate surface area is 153 Å². The van der Waals surface area contributed by atoms with Crippen molar-refractivity contribution < 1.29 is 0 Å². The summed E-state index contributed by atoms with van der Waals surface area (Å²) in [4.78, 5) is 18.0. The molecule has 2 heterocycles. The van der Waals surface area contributed by atoms with Gasteiger partial charge in [0.1, 0.15) is 5.65 Å². The van der Waals surface area contributed by atoms with Gasteiger partial charge in [-0.1, -0.05) is 24.6 Å². The first-order valence-electron chi connectivity index (χ1n) is 8.35. The first-order chi connectivity index (χ1) is 12.6. The largest absolute Gasteiger partial charge is 0.268 e. The van der Waals surface area contributed by atoms with E-state index in [1.165, 1.54) is 0 Å². The van der Waals surface area contributed by atoms with Crippen LogP contribution in [0.25, 0.3) is 38.2 Å². The van der Waals surface area contributed by atoms with Gasteiger partial charge in [-0.2, -0.15) is 5.26 Å². The Kier molecular flexibility index (Phi) is 3.01. The molecule has 5 aromatic rings. The fourth-order valence-electron chi connectivity index (χ4n) is 3.83. The number of benzene rings is 3. The van der Waals surface area contributed by atoms with Crippen LogP contribution in [0.2, 0.25) is 5.02 Å². The van der Waals surface area contributed by atoms with Gasteiger partial charge in [-0.25, -0.2) is 4.98 Å². The predicted octanol–water partition coefficient (Wildman–Crippen LogP) is 4.68. The van der Waals surface area contributed by atoms with Gasteiger partial charge in [0.05, 0.1) is 22.7 Å². The Morgan fingerprint density at radius 1 is 1.12 bits per heavy atom. The van der Waals surface area contributed by atoms with E-state index in [4.69, 9.17) is 11.6 Å². The molecule has 26 heavy (non-hydrogen) atoms. The molecule has 0 fully saturated rings. The number of fused-ring (bicyclic) bond motifs is 4. The average molecular weight is 358 g/mol. The van der Waals surface area contributed by atoms with Gasteiger partial charge in [-0.15, -0.1) is 0 Å². The molecule has 5 heteroatoms. The topological polar surface area (TPSA) is 58.2 Å². The maximum absolute atomic E-state index is 13.3. The van der Waals surface area contributed by atoms with Gasteiger partial charge in [0.2, 0.25) is 0 Å². The van der Waals surface area contributed by atoms with Crippen LogP contribution in [0.15, 0.2) is 47.3 Å². The smallest absolute Gasteiger partial charge is 0.264 e. The molecule has 5 rings (SSSR count). The third-order valence-electron chi connectivity index (χ3n) is 5.04. The molecule has 0 saturated heterocycles. The molecule has 124 valence electrons. The van der Waals surface area contributed by atoms with Crippen LogP contribution in [0, 0.1) is 11.3 Å². The SMILES string of the molecule is CCc1ccc2c(=O)n3c4cc(C#N)ccc4nc3c3ccc(Cl)c1c23. The van der Waals surface area contributed by atoms with Crippen molar-refractivity contribution in [3.05, 3.63) is 69.0 Å². The highest BCUT2D eigenvalue weighted by Gasteiger charge is 2.18. The summed E-state index contributed by atoms with van der Waals surface area (Å²) in [6, 6.07) is 14.9. The van der Waals surface area contributed by atoms with Crippen LogP contribution in [0.5, 0.6) is 0 Å². The number of nitriles is 1. The number of hydrogen-bond acceptors (Lipinski definition) is 3. The van der Waals surface area contributed by atoms with Crippen LogP contribution in [-0.2, 0) is 6.42 Å². The van der Waals surface area contributed by atoms with Gasteiger partial charge in [0, 0.05) is 26.6 Å². The van der Waals surface area contributed by atoms with E-state index in [9.17, 15) is 10.1 Å². The average Bonchev–Trinajstić information content (AvgIpc) is 3.05. The molecule has 0 atom stereocenters. The van der Waals surface area contributed by atoms with E-state index in [0.717, 1.165) is 28.1 Å². The van der Waals surface area contributed by atoms with Crippen LogP contribution in [0.4, 0.5) is 0 Å². The monoisotopic (exact) mass is 357 g/mol. The van der Waals surface area contributed by atoms with Gasteiger partial charge in [-0.05, 0) is 48.4 Å². The van der Waals surface area contributed by atoms with Crippen molar-refractivity contribution in [2.24, 2.45) is 0 Å². The molecule has 0 spiro atoms. The third-order valence-corrected chi connectivity index (χ3v) is 5.35. The second-order valence-corrected chi connectivity index (χ2v) is 6.77. The van der Waals surface area contributed by atoms with E-state index in [0.29, 0.717) is 32.7 Å². The molecule has 0 aliphatic rings. The molecule has 0 unspecified atom stereocenters. The van der Waals surface area contributed by atoms with Crippen molar-refractivity contribution >= 4 is 49.8 Å². The van der Waals surface area contributed by atoms with Crippen LogP contribution in [0.3, 0.4) is 0 Å². The summed E-state index contributed by atoms with van der Waals surface area (Å²) >= 11 is 6.48. The summed E-state index contributed by atoms with van der Waals surface area (Å²) in [5, 5.41) is 13.1. The molecular formula is C21H12ClN3O. The summed E-state index contributed by atoms with van der Waals surface area (Å²) in [5.41, 5.74) is 3.42. The van der Waals surface area contributed by atoms with Gasteiger partial charge in [-0.3, -0.25) is 9.20 Å². The Morgan fingerprint density at radius 2 is 1.92 bits per heavy atom. The minimum Gasteiger partial charge on any atom is -0.268 e. The zero-order valence-electron chi connectivity index (χ0n) is 13.9. The molecule has 0 radical (unpaired) electrons. The molecule has 4 nitrogen and oxygen atoms in total. The molecular weight excluding hydrogens is 346 g/mol. The maximum Gasteiger partial charge on any atom is 0.264 e. The molecule has 0 N–H and O–H groups in total. The van der Waals surface area contributed by atoms with Crippen LogP contribution in [-0.4, -0.2) is 9.38 Å². The number of nitrogens with zero attached hydrogens (tertiary/aromatic N) is 3. The molecule has 0 amide bonds. The van der Waals surface area contributed by atoms with E-state index in [-0.39, 0.29) is 5.56 Å². The minimum atomic E-state index is -0.139. The first-order valence-corrected chi connectivity index (χ1v) is 8.73. The number of hydrogen-bond donors (Lipinski definition) is 0. The second-order valence-electron chi connectivity index (χ2n) is 6.36. The van der Waals surface area contributed by atoms with Crippen molar-refractivity contribution in [3.63, 3.8) is 0 Å². The van der Waals surface area contributed by atoms with Crippen LogP contribution < -0.4 is 5.56 Å². The fourth-order valence-corrected chi connectivity index (χ4v) is 4.11. The molecule has 0 aliphatic carbocycles. The zero-order valence-corrected chi connectivity index (χ0v) is 14.6. The Balaban J connectivity index is 2.14. The number of halogens is 1. The van der Waals surface area contributed by atoms with E-state index >= 15 is 0 Å². The summed E-state index contributed by atoms with van der Waals surface area (Å²) < 4.78 is 1.60. The van der Waals surface area contributed by atoms with E-state index in [1.807, 2.05) is 24.3 Å². The lowest BCUT2D eigenvalue weighted by atomic mass is 9.97. The highest BCUT2D eigenvalue weighted by molar-refractivity contribution is 6.38. The number of imidazole rings is 1. The van der Waals surface area contributed by atoms with Crippen molar-refractivity contribution in [1.82, 2.24) is 9.38 Å². The van der Waals surface area contributed by atoms with E-state index in [1.54, 1.807) is 22.6 Å². The standard InChI is InChI=1S/C21H12ClN3O/c1-2-12-4-5-14-19-13(6-7-15(22)18(12)19)20-24-16-8-3-11(10-23)9-17(16)25(20)21(14)26/h3-9H,2H2,1H3. The normalized spacial score (nSPS) is 11.7. The van der Waals surface area contributed by atoms with Gasteiger partial charge in [0.15, 0.2) is 0 Å². The molecule has 3 aromatic carbocycles. The van der Waals surface area contributed by atoms with Crippen LogP contribution in [0.1, 0.15) is 18.1 Å². The van der Waals surface area contributed by atoms with Crippen molar-refractivity contribution in [2.45, 2.75) is 13.3 Å². The van der Waals surface area contributed by atoms with E-state index in [2.05, 4.69) is 18.0 Å². The lowest BCUT2D eigenvalue weighted by Crippen LogP contribution is -2.13. The maximum atomic E-state index is 13.3. The summed E-state index contributed by atoms with van der Waals surface area (Å²) in [6.07, 6.45) is 0.829. The summed E-state index contributed by atoms with van der Waals surface area (Å²) in [7, 11) is 0. The Bertz CT molecular complexity index is 1460. The molecule has 0 aliphatic heterocycles. The Morgan fingerprint density at radius 3 is 2.69 bits per heavy atom. The van der Waals surface area contributed by atoms with Crippen LogP contribution >= 0.6 is 11.6 Å². The minimum absolute atomic E-state index is 0.139. The lowest BCUT2D eigenvalue weighted by molar-refractivity contribution is 1.15. The van der Waals surface area contributed by atoms with Crippen molar-refractivity contribution in [1.29, 1.82) is 5.26 Å². The predicted molar refractivity (Wildman–Crippen MR) is 104 cm³/mol. The fraction of sp³-hybridized carbons (Fsp3) is 0.0952.